The van der Waals surface area contributed by atoms with E-state index in [9.17, 15) is 14.4 Å². The van der Waals surface area contributed by atoms with Gasteiger partial charge in [0.05, 0.1) is 6.04 Å². The normalized spacial score (nSPS) is 12.6. The first kappa shape index (κ1) is 21.0. The van der Waals surface area contributed by atoms with E-state index in [4.69, 9.17) is 5.21 Å². The van der Waals surface area contributed by atoms with Crippen molar-refractivity contribution in [1.29, 1.82) is 0 Å². The molecule has 3 aromatic rings. The van der Waals surface area contributed by atoms with Crippen molar-refractivity contribution in [3.05, 3.63) is 83.9 Å². The van der Waals surface area contributed by atoms with Crippen LogP contribution in [0.1, 0.15) is 24.1 Å². The predicted molar refractivity (Wildman–Crippen MR) is 113 cm³/mol. The number of benzene rings is 3. The lowest BCUT2D eigenvalue weighted by molar-refractivity contribution is -0.145. The molecule has 0 spiro atoms. The van der Waals surface area contributed by atoms with Crippen molar-refractivity contribution >= 4 is 28.5 Å². The first-order valence-corrected chi connectivity index (χ1v) is 9.56. The van der Waals surface area contributed by atoms with Crippen LogP contribution in [0.5, 0.6) is 0 Å². The minimum Gasteiger partial charge on any atom is -0.348 e. The van der Waals surface area contributed by atoms with Crippen LogP contribution in [0.15, 0.2) is 72.8 Å². The smallest absolute Gasteiger partial charge is 0.332 e. The second kappa shape index (κ2) is 9.67. The fraction of sp³-hybridized carbons (Fsp3) is 0.174. The zero-order valence-electron chi connectivity index (χ0n) is 16.5. The average molecular weight is 405 g/mol. The van der Waals surface area contributed by atoms with Gasteiger partial charge in [0.25, 0.3) is 0 Å². The van der Waals surface area contributed by atoms with E-state index in [1.54, 1.807) is 0 Å². The van der Waals surface area contributed by atoms with E-state index < -0.39 is 23.8 Å². The largest absolute Gasteiger partial charge is 0.348 e. The minimum absolute atomic E-state index is 0.194. The van der Waals surface area contributed by atoms with Crippen LogP contribution in [-0.4, -0.2) is 29.0 Å². The monoisotopic (exact) mass is 405 g/mol. The Labute approximate surface area is 174 Å². The van der Waals surface area contributed by atoms with Gasteiger partial charge < -0.3 is 10.6 Å². The Balaban J connectivity index is 1.80. The Morgan fingerprint density at radius 1 is 0.833 bits per heavy atom. The second-order valence-electron chi connectivity index (χ2n) is 6.96. The molecular formula is C23H23N3O4. The lowest BCUT2D eigenvalue weighted by Gasteiger charge is -2.22. The lowest BCUT2D eigenvalue weighted by Crippen LogP contribution is -2.52. The maximum absolute atomic E-state index is 13.0. The number of carbonyl (C=O) groups is 3. The van der Waals surface area contributed by atoms with Crippen LogP contribution >= 0.6 is 0 Å². The Kier molecular flexibility index (Phi) is 6.77. The van der Waals surface area contributed by atoms with Gasteiger partial charge in [0.2, 0.25) is 5.91 Å². The molecule has 1 unspecified atom stereocenters. The molecule has 2 atom stereocenters. The van der Waals surface area contributed by atoms with Gasteiger partial charge in [-0.25, -0.2) is 5.48 Å². The lowest BCUT2D eigenvalue weighted by atomic mass is 9.99. The third kappa shape index (κ3) is 5.01. The summed E-state index contributed by atoms with van der Waals surface area (Å²) < 4.78 is 0. The molecule has 0 aromatic heterocycles. The molecule has 0 aliphatic carbocycles. The van der Waals surface area contributed by atoms with Gasteiger partial charge in [-0.15, -0.1) is 0 Å². The molecule has 3 amide bonds. The molecule has 3 aromatic carbocycles. The van der Waals surface area contributed by atoms with Crippen LogP contribution < -0.4 is 16.1 Å². The van der Waals surface area contributed by atoms with Crippen molar-refractivity contribution < 1.29 is 19.6 Å². The van der Waals surface area contributed by atoms with Gasteiger partial charge >= 0.3 is 11.8 Å². The van der Waals surface area contributed by atoms with E-state index in [1.165, 1.54) is 5.48 Å². The molecule has 0 saturated heterocycles. The molecule has 0 heterocycles. The highest BCUT2D eigenvalue weighted by Gasteiger charge is 2.26. The summed E-state index contributed by atoms with van der Waals surface area (Å²) in [7, 11) is 0. The number of nitrogens with one attached hydrogen (secondary N) is 3. The van der Waals surface area contributed by atoms with Crippen LogP contribution in [-0.2, 0) is 20.8 Å². The summed E-state index contributed by atoms with van der Waals surface area (Å²) in [5, 5.41) is 16.1. The van der Waals surface area contributed by atoms with E-state index in [0.29, 0.717) is 0 Å². The Bertz CT molecular complexity index is 1050. The maximum Gasteiger partial charge on any atom is 0.332 e. The molecule has 0 fully saturated rings. The van der Waals surface area contributed by atoms with Gasteiger partial charge in [-0.05, 0) is 28.8 Å². The Morgan fingerprint density at radius 2 is 1.50 bits per heavy atom. The number of amides is 3. The third-order valence-electron chi connectivity index (χ3n) is 4.86. The predicted octanol–water partition coefficient (Wildman–Crippen LogP) is 2.25. The van der Waals surface area contributed by atoms with Crippen LogP contribution in [0.3, 0.4) is 0 Å². The van der Waals surface area contributed by atoms with Crippen LogP contribution in [0, 0.1) is 0 Å². The topological polar surface area (TPSA) is 108 Å². The molecule has 0 radical (unpaired) electrons. The van der Waals surface area contributed by atoms with Crippen molar-refractivity contribution in [2.24, 2.45) is 0 Å². The number of carbonyl (C=O) groups excluding carboxylic acids is 3. The quantitative estimate of drug-likeness (QED) is 0.287. The van der Waals surface area contributed by atoms with E-state index >= 15 is 0 Å². The SMILES string of the molecule is CC(NC(=O)[C@H](Cc1ccccc1)NC(=O)C(=O)NO)c1cccc2ccccc12. The second-order valence-corrected chi connectivity index (χ2v) is 6.96. The fourth-order valence-corrected chi connectivity index (χ4v) is 3.35. The van der Waals surface area contributed by atoms with Crippen molar-refractivity contribution in [1.82, 2.24) is 16.1 Å². The van der Waals surface area contributed by atoms with Crippen LogP contribution in [0.25, 0.3) is 10.8 Å². The van der Waals surface area contributed by atoms with Crippen molar-refractivity contribution in [2.45, 2.75) is 25.4 Å². The summed E-state index contributed by atoms with van der Waals surface area (Å²) in [6.07, 6.45) is 0.194. The molecule has 0 aliphatic rings. The molecule has 30 heavy (non-hydrogen) atoms. The molecule has 4 N–H and O–H groups in total. The fourth-order valence-electron chi connectivity index (χ4n) is 3.35. The Morgan fingerprint density at radius 3 is 2.23 bits per heavy atom. The highest BCUT2D eigenvalue weighted by Crippen LogP contribution is 2.24. The number of rotatable bonds is 6. The van der Waals surface area contributed by atoms with Gasteiger partial charge in [-0.3, -0.25) is 19.6 Å². The highest BCUT2D eigenvalue weighted by atomic mass is 16.5. The first-order chi connectivity index (χ1) is 14.5. The summed E-state index contributed by atoms with van der Waals surface area (Å²) in [5.74, 6) is -2.76. The van der Waals surface area contributed by atoms with Gasteiger partial charge in [-0.2, -0.15) is 0 Å². The van der Waals surface area contributed by atoms with Crippen molar-refractivity contribution in [3.63, 3.8) is 0 Å². The molecule has 0 aliphatic heterocycles. The third-order valence-corrected chi connectivity index (χ3v) is 4.86. The molecule has 0 bridgehead atoms. The number of hydrogen-bond acceptors (Lipinski definition) is 4. The van der Waals surface area contributed by atoms with Crippen molar-refractivity contribution in [2.75, 3.05) is 0 Å². The molecule has 154 valence electrons. The van der Waals surface area contributed by atoms with E-state index in [2.05, 4.69) is 10.6 Å². The minimum atomic E-state index is -1.23. The number of hydrogen-bond donors (Lipinski definition) is 4. The molecule has 0 saturated carbocycles. The van der Waals surface area contributed by atoms with Gasteiger partial charge in [0, 0.05) is 6.42 Å². The summed E-state index contributed by atoms with van der Waals surface area (Å²) in [4.78, 5) is 36.3. The molecule has 3 rings (SSSR count). The van der Waals surface area contributed by atoms with Gasteiger partial charge in [0.15, 0.2) is 0 Å². The molecular weight excluding hydrogens is 382 g/mol. The molecule has 7 nitrogen and oxygen atoms in total. The van der Waals surface area contributed by atoms with Gasteiger partial charge in [-0.1, -0.05) is 72.8 Å². The summed E-state index contributed by atoms with van der Waals surface area (Å²) in [5.41, 5.74) is 3.04. The van der Waals surface area contributed by atoms with E-state index in [-0.39, 0.29) is 12.5 Å². The summed E-state index contributed by atoms with van der Waals surface area (Å²) in [6.45, 7) is 1.86. The summed E-state index contributed by atoms with van der Waals surface area (Å²) in [6, 6.07) is 21.6. The zero-order chi connectivity index (χ0) is 21.5. The summed E-state index contributed by atoms with van der Waals surface area (Å²) >= 11 is 0. The first-order valence-electron chi connectivity index (χ1n) is 9.56. The Hall–Kier alpha value is -3.71. The average Bonchev–Trinajstić information content (AvgIpc) is 2.78. The van der Waals surface area contributed by atoms with E-state index in [0.717, 1.165) is 21.9 Å². The van der Waals surface area contributed by atoms with Crippen LogP contribution in [0.2, 0.25) is 0 Å². The highest BCUT2D eigenvalue weighted by molar-refractivity contribution is 6.35. The number of fused-ring (bicyclic) bond motifs is 1. The zero-order valence-corrected chi connectivity index (χ0v) is 16.5. The van der Waals surface area contributed by atoms with Crippen molar-refractivity contribution in [3.8, 4) is 0 Å². The van der Waals surface area contributed by atoms with E-state index in [1.807, 2.05) is 79.7 Å². The van der Waals surface area contributed by atoms with Gasteiger partial charge in [0.1, 0.15) is 6.04 Å². The molecule has 7 heteroatoms. The standard InChI is InChI=1S/C23H23N3O4/c1-15(18-13-7-11-17-10-5-6-12-19(17)18)24-21(27)20(25-22(28)23(29)26-30)14-16-8-3-2-4-9-16/h2-13,15,20,30H,14H2,1H3,(H,24,27)(H,25,28)(H,26,29)/t15?,20-/m0/s1. The number of hydroxylamine groups is 1. The van der Waals surface area contributed by atoms with Crippen LogP contribution in [0.4, 0.5) is 0 Å². The maximum atomic E-state index is 13.0.